The highest BCUT2D eigenvalue weighted by molar-refractivity contribution is 5.40. The Bertz CT molecular complexity index is 624. The summed E-state index contributed by atoms with van der Waals surface area (Å²) in [4.78, 5) is 4.47. The van der Waals surface area contributed by atoms with Crippen LogP contribution in [0.2, 0.25) is 0 Å². The molecular formula is C16H19N3O. The summed E-state index contributed by atoms with van der Waals surface area (Å²) in [6, 6.07) is 8.13. The number of aliphatic hydroxyl groups excluding tert-OH is 1. The highest BCUT2D eigenvalue weighted by atomic mass is 16.3. The average Bonchev–Trinajstić information content (AvgIpc) is 2.90. The fourth-order valence-corrected chi connectivity index (χ4v) is 3.37. The third-order valence-electron chi connectivity index (χ3n) is 4.44. The molecule has 0 aliphatic heterocycles. The zero-order chi connectivity index (χ0) is 14.2. The molecule has 0 spiro atoms. The molecule has 0 saturated heterocycles. The summed E-state index contributed by atoms with van der Waals surface area (Å²) in [6.07, 6.45) is 6.57. The summed E-state index contributed by atoms with van der Waals surface area (Å²) in [5.74, 6) is 0.482. The molecule has 1 aliphatic carbocycles. The molecule has 20 heavy (non-hydrogen) atoms. The van der Waals surface area contributed by atoms with Crippen LogP contribution in [0.15, 0.2) is 30.6 Å². The maximum Gasteiger partial charge on any atom is 0.137 e. The van der Waals surface area contributed by atoms with Crippen molar-refractivity contribution in [1.82, 2.24) is 9.38 Å². The largest absolute Gasteiger partial charge is 0.385 e. The molecule has 2 aromatic rings. The summed E-state index contributed by atoms with van der Waals surface area (Å²) < 4.78 is 1.88. The van der Waals surface area contributed by atoms with E-state index in [1.165, 1.54) is 0 Å². The molecule has 1 aliphatic rings. The topological polar surface area (TPSA) is 61.3 Å². The molecule has 1 N–H and O–H groups in total. The predicted molar refractivity (Wildman–Crippen MR) is 75.8 cm³/mol. The van der Waals surface area contributed by atoms with E-state index < -0.39 is 11.5 Å². The van der Waals surface area contributed by atoms with E-state index in [1.807, 2.05) is 35.0 Å². The molecule has 0 aromatic carbocycles. The van der Waals surface area contributed by atoms with Crippen LogP contribution < -0.4 is 0 Å². The Morgan fingerprint density at radius 1 is 1.55 bits per heavy atom. The van der Waals surface area contributed by atoms with Gasteiger partial charge in [0, 0.05) is 12.4 Å². The van der Waals surface area contributed by atoms with E-state index in [0.29, 0.717) is 11.6 Å². The van der Waals surface area contributed by atoms with Gasteiger partial charge in [0.1, 0.15) is 11.8 Å². The molecule has 1 saturated carbocycles. The molecule has 0 amide bonds. The molecule has 3 atom stereocenters. The smallest absolute Gasteiger partial charge is 0.137 e. The molecule has 0 bridgehead atoms. The summed E-state index contributed by atoms with van der Waals surface area (Å²) >= 11 is 0. The first-order valence-corrected chi connectivity index (χ1v) is 7.17. The van der Waals surface area contributed by atoms with Crippen molar-refractivity contribution in [2.24, 2.45) is 11.3 Å². The lowest BCUT2D eigenvalue weighted by Gasteiger charge is -2.37. The Kier molecular flexibility index (Phi) is 3.23. The quantitative estimate of drug-likeness (QED) is 0.911. The van der Waals surface area contributed by atoms with Gasteiger partial charge in [-0.2, -0.15) is 5.26 Å². The van der Waals surface area contributed by atoms with Crippen molar-refractivity contribution in [3.63, 3.8) is 0 Å². The summed E-state index contributed by atoms with van der Waals surface area (Å²) in [6.45, 7) is 2.15. The minimum atomic E-state index is -0.810. The fraction of sp³-hybridized carbons (Fsp3) is 0.500. The first kappa shape index (κ1) is 13.1. The summed E-state index contributed by atoms with van der Waals surface area (Å²) in [5, 5.41) is 20.3. The van der Waals surface area contributed by atoms with E-state index in [1.54, 1.807) is 0 Å². The highest BCUT2D eigenvalue weighted by Gasteiger charge is 2.43. The molecule has 0 radical (unpaired) electrons. The number of rotatable bonds is 2. The number of nitriles is 1. The maximum absolute atomic E-state index is 10.7. The van der Waals surface area contributed by atoms with Crippen molar-refractivity contribution < 1.29 is 5.11 Å². The van der Waals surface area contributed by atoms with Crippen molar-refractivity contribution >= 4 is 5.65 Å². The minimum absolute atomic E-state index is 0.482. The molecule has 104 valence electrons. The molecule has 4 heteroatoms. The van der Waals surface area contributed by atoms with Crippen LogP contribution in [0.5, 0.6) is 0 Å². The van der Waals surface area contributed by atoms with Crippen LogP contribution in [0.1, 0.15) is 44.4 Å². The van der Waals surface area contributed by atoms with E-state index in [4.69, 9.17) is 0 Å². The summed E-state index contributed by atoms with van der Waals surface area (Å²) in [7, 11) is 0. The second-order valence-electron chi connectivity index (χ2n) is 6.00. The first-order valence-electron chi connectivity index (χ1n) is 7.17. The Balaban J connectivity index is 1.97. The van der Waals surface area contributed by atoms with Crippen molar-refractivity contribution in [3.8, 4) is 6.07 Å². The van der Waals surface area contributed by atoms with E-state index in [0.717, 1.165) is 31.3 Å². The lowest BCUT2D eigenvalue weighted by Crippen LogP contribution is -2.33. The van der Waals surface area contributed by atoms with Gasteiger partial charge in [-0.3, -0.25) is 0 Å². The SMILES string of the molecule is CC1CCCC(C#N)(C(O)c2cn3ccccc3n2)C1. The monoisotopic (exact) mass is 269 g/mol. The van der Waals surface area contributed by atoms with E-state index in [9.17, 15) is 10.4 Å². The lowest BCUT2D eigenvalue weighted by atomic mass is 9.67. The zero-order valence-electron chi connectivity index (χ0n) is 11.7. The van der Waals surface area contributed by atoms with Crippen LogP contribution in [0, 0.1) is 22.7 Å². The van der Waals surface area contributed by atoms with E-state index in [2.05, 4.69) is 18.0 Å². The lowest BCUT2D eigenvalue weighted by molar-refractivity contribution is 0.0193. The van der Waals surface area contributed by atoms with Crippen molar-refractivity contribution in [3.05, 3.63) is 36.3 Å². The second kappa shape index (κ2) is 4.92. The van der Waals surface area contributed by atoms with Crippen molar-refractivity contribution in [2.75, 3.05) is 0 Å². The number of hydrogen-bond donors (Lipinski definition) is 1. The number of fused-ring (bicyclic) bond motifs is 1. The molecule has 2 aromatic heterocycles. The van der Waals surface area contributed by atoms with Gasteiger partial charge in [-0.25, -0.2) is 4.98 Å². The second-order valence-corrected chi connectivity index (χ2v) is 6.00. The van der Waals surface area contributed by atoms with Crippen LogP contribution in [0.4, 0.5) is 0 Å². The third kappa shape index (κ3) is 2.08. The number of aliphatic hydroxyl groups is 1. The van der Waals surface area contributed by atoms with Crippen LogP contribution in [0.3, 0.4) is 0 Å². The molecule has 2 heterocycles. The van der Waals surface area contributed by atoms with E-state index >= 15 is 0 Å². The Hall–Kier alpha value is -1.86. The number of imidazole rings is 1. The minimum Gasteiger partial charge on any atom is -0.385 e. The van der Waals surface area contributed by atoms with Gasteiger partial charge in [0.25, 0.3) is 0 Å². The number of aromatic nitrogens is 2. The maximum atomic E-state index is 10.7. The number of pyridine rings is 1. The zero-order valence-corrected chi connectivity index (χ0v) is 11.7. The van der Waals surface area contributed by atoms with Crippen LogP contribution in [0.25, 0.3) is 5.65 Å². The van der Waals surface area contributed by atoms with Crippen molar-refractivity contribution in [1.29, 1.82) is 5.26 Å². The fourth-order valence-electron chi connectivity index (χ4n) is 3.37. The number of hydrogen-bond acceptors (Lipinski definition) is 3. The van der Waals surface area contributed by atoms with Gasteiger partial charge in [0.2, 0.25) is 0 Å². The van der Waals surface area contributed by atoms with E-state index in [-0.39, 0.29) is 0 Å². The van der Waals surface area contributed by atoms with Gasteiger partial charge >= 0.3 is 0 Å². The summed E-state index contributed by atoms with van der Waals surface area (Å²) in [5.41, 5.74) is 0.723. The average molecular weight is 269 g/mol. The first-order chi connectivity index (χ1) is 9.64. The van der Waals surface area contributed by atoms with Crippen LogP contribution >= 0.6 is 0 Å². The number of nitrogens with zero attached hydrogens (tertiary/aromatic N) is 3. The van der Waals surface area contributed by atoms with Gasteiger partial charge in [0.05, 0.1) is 17.2 Å². The van der Waals surface area contributed by atoms with Crippen LogP contribution in [-0.2, 0) is 0 Å². The molecule has 3 rings (SSSR count). The molecular weight excluding hydrogens is 250 g/mol. The normalized spacial score (nSPS) is 28.1. The molecule has 3 unspecified atom stereocenters. The van der Waals surface area contributed by atoms with Crippen LogP contribution in [-0.4, -0.2) is 14.5 Å². The van der Waals surface area contributed by atoms with Gasteiger partial charge in [-0.05, 0) is 30.9 Å². The van der Waals surface area contributed by atoms with Gasteiger partial charge in [0.15, 0.2) is 0 Å². The standard InChI is InChI=1S/C16H19N3O/c1-12-5-4-7-16(9-12,11-17)15(20)13-10-19-8-3-2-6-14(19)18-13/h2-3,6,8,10,12,15,20H,4-5,7,9H2,1H3. The molecule has 1 fully saturated rings. The Morgan fingerprint density at radius 3 is 3.10 bits per heavy atom. The van der Waals surface area contributed by atoms with Gasteiger partial charge in [-0.15, -0.1) is 0 Å². The highest BCUT2D eigenvalue weighted by Crippen LogP contribution is 2.47. The van der Waals surface area contributed by atoms with Crippen molar-refractivity contribution in [2.45, 2.75) is 38.7 Å². The Labute approximate surface area is 118 Å². The third-order valence-corrected chi connectivity index (χ3v) is 4.44. The Morgan fingerprint density at radius 2 is 2.40 bits per heavy atom. The predicted octanol–water partition coefficient (Wildman–Crippen LogP) is 3.09. The van der Waals surface area contributed by atoms with Gasteiger partial charge < -0.3 is 9.51 Å². The molecule has 4 nitrogen and oxygen atoms in total. The van der Waals surface area contributed by atoms with Gasteiger partial charge in [-0.1, -0.05) is 25.8 Å².